The smallest absolute Gasteiger partial charge is 0.119 e. The maximum Gasteiger partial charge on any atom is 0.119 e. The molecule has 0 bridgehead atoms. The predicted octanol–water partition coefficient (Wildman–Crippen LogP) is 1.50. The number of ether oxygens (including phenoxy) is 1. The standard InChI is InChI=1S/C15H14N2O3/c1-20-14-7-2-4-11(8-14)10-16-17-13-6-3-5-12(9-13)15(18)19/h2-10,17H,1H3,(H,18,19)/p-1/b16-10-. The number of benzene rings is 2. The molecule has 0 spiro atoms. The van der Waals surface area contributed by atoms with Crippen LogP contribution in [-0.4, -0.2) is 19.3 Å². The molecule has 0 aliphatic carbocycles. The average Bonchev–Trinajstić information content (AvgIpc) is 2.48. The fraction of sp³-hybridized carbons (Fsp3) is 0.0667. The second-order valence-electron chi connectivity index (χ2n) is 4.01. The molecule has 0 fully saturated rings. The van der Waals surface area contributed by atoms with Gasteiger partial charge in [0.15, 0.2) is 0 Å². The van der Waals surface area contributed by atoms with Crippen molar-refractivity contribution in [3.05, 3.63) is 59.7 Å². The van der Waals surface area contributed by atoms with Crippen LogP contribution in [0.2, 0.25) is 0 Å². The van der Waals surface area contributed by atoms with Crippen molar-refractivity contribution in [2.45, 2.75) is 0 Å². The number of aromatic carboxylic acids is 1. The Hall–Kier alpha value is -2.82. The van der Waals surface area contributed by atoms with Gasteiger partial charge < -0.3 is 14.6 Å². The third-order valence-electron chi connectivity index (χ3n) is 2.60. The Morgan fingerprint density at radius 1 is 1.25 bits per heavy atom. The van der Waals surface area contributed by atoms with Gasteiger partial charge >= 0.3 is 0 Å². The number of rotatable bonds is 5. The summed E-state index contributed by atoms with van der Waals surface area (Å²) in [4.78, 5) is 10.7. The van der Waals surface area contributed by atoms with Crippen molar-refractivity contribution in [1.29, 1.82) is 0 Å². The minimum Gasteiger partial charge on any atom is -0.545 e. The second kappa shape index (κ2) is 6.38. The van der Waals surface area contributed by atoms with Gasteiger partial charge in [-0.25, -0.2) is 0 Å². The van der Waals surface area contributed by atoms with E-state index < -0.39 is 5.97 Å². The quantitative estimate of drug-likeness (QED) is 0.659. The summed E-state index contributed by atoms with van der Waals surface area (Å²) >= 11 is 0. The van der Waals surface area contributed by atoms with Gasteiger partial charge in [0.25, 0.3) is 0 Å². The lowest BCUT2D eigenvalue weighted by molar-refractivity contribution is -0.255. The van der Waals surface area contributed by atoms with E-state index in [-0.39, 0.29) is 5.56 Å². The Bertz CT molecular complexity index is 639. The Morgan fingerprint density at radius 3 is 2.80 bits per heavy atom. The highest BCUT2D eigenvalue weighted by Gasteiger charge is 1.95. The number of anilines is 1. The molecule has 0 unspecified atom stereocenters. The normalized spacial score (nSPS) is 10.4. The monoisotopic (exact) mass is 269 g/mol. The summed E-state index contributed by atoms with van der Waals surface area (Å²) in [6.07, 6.45) is 1.62. The number of methoxy groups -OCH3 is 1. The molecule has 0 saturated carbocycles. The summed E-state index contributed by atoms with van der Waals surface area (Å²) in [5.41, 5.74) is 4.31. The number of hydrogen-bond donors (Lipinski definition) is 1. The van der Waals surface area contributed by atoms with Crippen molar-refractivity contribution >= 4 is 17.9 Å². The molecular formula is C15H13N2O3-. The Labute approximate surface area is 116 Å². The van der Waals surface area contributed by atoms with E-state index in [2.05, 4.69) is 10.5 Å². The van der Waals surface area contributed by atoms with Crippen LogP contribution >= 0.6 is 0 Å². The lowest BCUT2D eigenvalue weighted by Gasteiger charge is -2.05. The molecule has 0 amide bonds. The first-order chi connectivity index (χ1) is 9.69. The van der Waals surface area contributed by atoms with Crippen LogP contribution in [0.5, 0.6) is 5.75 Å². The van der Waals surface area contributed by atoms with E-state index in [0.29, 0.717) is 5.69 Å². The number of carboxylic acids is 1. The molecule has 0 aromatic heterocycles. The molecule has 2 rings (SSSR count). The summed E-state index contributed by atoms with van der Waals surface area (Å²) in [5.74, 6) is -0.474. The van der Waals surface area contributed by atoms with Crippen molar-refractivity contribution < 1.29 is 14.6 Å². The van der Waals surface area contributed by atoms with Crippen LogP contribution < -0.4 is 15.3 Å². The van der Waals surface area contributed by atoms with E-state index in [0.717, 1.165) is 11.3 Å². The van der Waals surface area contributed by atoms with Crippen LogP contribution in [0.25, 0.3) is 0 Å². The zero-order valence-corrected chi connectivity index (χ0v) is 10.9. The zero-order valence-electron chi connectivity index (χ0n) is 10.9. The summed E-state index contributed by atoms with van der Waals surface area (Å²) in [6, 6.07) is 13.7. The van der Waals surface area contributed by atoms with Crippen LogP contribution in [0, 0.1) is 0 Å². The molecular weight excluding hydrogens is 256 g/mol. The molecule has 5 heteroatoms. The average molecular weight is 269 g/mol. The largest absolute Gasteiger partial charge is 0.545 e. The molecule has 1 N–H and O–H groups in total. The first kappa shape index (κ1) is 13.6. The molecule has 20 heavy (non-hydrogen) atoms. The van der Waals surface area contributed by atoms with Gasteiger partial charge in [-0.2, -0.15) is 5.10 Å². The lowest BCUT2D eigenvalue weighted by atomic mass is 10.2. The van der Waals surface area contributed by atoms with Crippen molar-refractivity contribution in [3.8, 4) is 5.75 Å². The van der Waals surface area contributed by atoms with Gasteiger partial charge in [-0.1, -0.05) is 24.3 Å². The summed E-state index contributed by atoms with van der Waals surface area (Å²) in [6.45, 7) is 0. The molecule has 0 heterocycles. The van der Waals surface area contributed by atoms with E-state index >= 15 is 0 Å². The molecule has 0 aliphatic heterocycles. The Kier molecular flexibility index (Phi) is 4.34. The van der Waals surface area contributed by atoms with Crippen molar-refractivity contribution in [1.82, 2.24) is 0 Å². The van der Waals surface area contributed by atoms with Crippen molar-refractivity contribution in [2.24, 2.45) is 5.10 Å². The zero-order chi connectivity index (χ0) is 14.4. The van der Waals surface area contributed by atoms with Crippen LogP contribution in [0.4, 0.5) is 5.69 Å². The van der Waals surface area contributed by atoms with Gasteiger partial charge in [0.1, 0.15) is 5.75 Å². The number of hydrogen-bond acceptors (Lipinski definition) is 5. The topological polar surface area (TPSA) is 73.8 Å². The number of carbonyl (C=O) groups excluding carboxylic acids is 1. The number of hydrazone groups is 1. The molecule has 2 aromatic carbocycles. The third kappa shape index (κ3) is 3.58. The summed E-state index contributed by atoms with van der Waals surface area (Å²) in [7, 11) is 1.60. The maximum atomic E-state index is 10.7. The van der Waals surface area contributed by atoms with Gasteiger partial charge in [-0.15, -0.1) is 0 Å². The Balaban J connectivity index is 2.05. The molecule has 0 saturated heterocycles. The number of nitrogens with zero attached hydrogens (tertiary/aromatic N) is 1. The van der Waals surface area contributed by atoms with Crippen molar-refractivity contribution in [3.63, 3.8) is 0 Å². The highest BCUT2D eigenvalue weighted by Crippen LogP contribution is 2.12. The number of nitrogens with one attached hydrogen (secondary N) is 1. The summed E-state index contributed by atoms with van der Waals surface area (Å²) < 4.78 is 5.11. The van der Waals surface area contributed by atoms with Crippen LogP contribution in [0.15, 0.2) is 53.6 Å². The molecule has 102 valence electrons. The number of carbonyl (C=O) groups is 1. The van der Waals surface area contributed by atoms with E-state index in [4.69, 9.17) is 4.74 Å². The molecule has 2 aromatic rings. The van der Waals surface area contributed by atoms with E-state index in [9.17, 15) is 9.90 Å². The predicted molar refractivity (Wildman–Crippen MR) is 75.0 cm³/mol. The van der Waals surface area contributed by atoms with Gasteiger partial charge in [0.05, 0.1) is 25.0 Å². The van der Waals surface area contributed by atoms with Crippen molar-refractivity contribution in [2.75, 3.05) is 12.5 Å². The molecule has 0 radical (unpaired) electrons. The van der Waals surface area contributed by atoms with Gasteiger partial charge in [0.2, 0.25) is 0 Å². The third-order valence-corrected chi connectivity index (χ3v) is 2.60. The Morgan fingerprint density at radius 2 is 2.05 bits per heavy atom. The maximum absolute atomic E-state index is 10.7. The summed E-state index contributed by atoms with van der Waals surface area (Å²) in [5, 5.41) is 14.8. The lowest BCUT2D eigenvalue weighted by Crippen LogP contribution is -2.22. The van der Waals surface area contributed by atoms with Crippen LogP contribution in [-0.2, 0) is 0 Å². The fourth-order valence-corrected chi connectivity index (χ4v) is 1.62. The van der Waals surface area contributed by atoms with Gasteiger partial charge in [-0.3, -0.25) is 5.43 Å². The van der Waals surface area contributed by atoms with Crippen LogP contribution in [0.3, 0.4) is 0 Å². The highest BCUT2D eigenvalue weighted by atomic mass is 16.5. The number of carboxylic acid groups (broad SMARTS) is 1. The first-order valence-electron chi connectivity index (χ1n) is 5.93. The first-order valence-corrected chi connectivity index (χ1v) is 5.93. The van der Waals surface area contributed by atoms with Gasteiger partial charge in [0, 0.05) is 0 Å². The fourth-order valence-electron chi connectivity index (χ4n) is 1.62. The van der Waals surface area contributed by atoms with E-state index in [1.165, 1.54) is 12.1 Å². The molecule has 5 nitrogen and oxygen atoms in total. The minimum atomic E-state index is -1.22. The van der Waals surface area contributed by atoms with Gasteiger partial charge in [-0.05, 0) is 35.4 Å². The van der Waals surface area contributed by atoms with E-state index in [1.807, 2.05) is 24.3 Å². The SMILES string of the molecule is COc1cccc(/C=N\Nc2cccc(C(=O)[O-])c2)c1. The van der Waals surface area contributed by atoms with E-state index in [1.54, 1.807) is 25.5 Å². The van der Waals surface area contributed by atoms with Crippen LogP contribution in [0.1, 0.15) is 15.9 Å². The minimum absolute atomic E-state index is 0.103. The molecule has 0 aliphatic rings. The highest BCUT2D eigenvalue weighted by molar-refractivity contribution is 5.87. The second-order valence-corrected chi connectivity index (χ2v) is 4.01. The molecule has 0 atom stereocenters.